The lowest BCUT2D eigenvalue weighted by atomic mass is 10.2. The van der Waals surface area contributed by atoms with Crippen molar-refractivity contribution in [2.45, 2.75) is 31.7 Å². The molecule has 0 heterocycles. The van der Waals surface area contributed by atoms with Crippen LogP contribution in [-0.4, -0.2) is 19.6 Å². The highest BCUT2D eigenvalue weighted by molar-refractivity contribution is 7.92. The molecule has 0 unspecified atom stereocenters. The molecule has 0 bridgehead atoms. The third-order valence-electron chi connectivity index (χ3n) is 3.15. The van der Waals surface area contributed by atoms with Crippen molar-refractivity contribution in [3.63, 3.8) is 0 Å². The largest absolute Gasteiger partial charge is 0.360 e. The summed E-state index contributed by atoms with van der Waals surface area (Å²) < 4.78 is 27.2. The number of aryl methyl sites for hydroxylation is 1. The maximum atomic E-state index is 12.3. The van der Waals surface area contributed by atoms with Crippen LogP contribution in [0.15, 0.2) is 53.4 Å². The number of hydrogen-bond acceptors (Lipinski definition) is 3. The van der Waals surface area contributed by atoms with Gasteiger partial charge in [-0.2, -0.15) is 0 Å². The van der Waals surface area contributed by atoms with Gasteiger partial charge >= 0.3 is 0 Å². The van der Waals surface area contributed by atoms with Gasteiger partial charge in [-0.3, -0.25) is 4.72 Å². The van der Waals surface area contributed by atoms with Gasteiger partial charge in [0, 0.05) is 17.4 Å². The number of anilines is 2. The maximum absolute atomic E-state index is 12.3. The lowest BCUT2D eigenvalue weighted by Crippen LogP contribution is -2.33. The topological polar surface area (TPSA) is 70.2 Å². The zero-order valence-electron chi connectivity index (χ0n) is 13.8. The minimum absolute atomic E-state index is 0.234. The molecule has 0 aliphatic carbocycles. The molecule has 0 atom stereocenters. The first-order valence-electron chi connectivity index (χ1n) is 7.53. The average Bonchev–Trinajstić information content (AvgIpc) is 2.48. The van der Waals surface area contributed by atoms with Crippen LogP contribution >= 0.6 is 12.2 Å². The number of thiocarbonyl (C=S) groups is 1. The van der Waals surface area contributed by atoms with Gasteiger partial charge in [-0.15, -0.1) is 0 Å². The van der Waals surface area contributed by atoms with Gasteiger partial charge < -0.3 is 10.6 Å². The molecule has 2 aromatic rings. The summed E-state index contributed by atoms with van der Waals surface area (Å²) in [7, 11) is -3.59. The Balaban J connectivity index is 2.05. The van der Waals surface area contributed by atoms with E-state index in [1.54, 1.807) is 48.5 Å². The minimum atomic E-state index is -3.59. The lowest BCUT2D eigenvalue weighted by Gasteiger charge is -2.14. The van der Waals surface area contributed by atoms with Crippen LogP contribution in [-0.2, 0) is 10.0 Å². The van der Waals surface area contributed by atoms with Crippen LogP contribution in [0.4, 0.5) is 11.4 Å². The quantitative estimate of drug-likeness (QED) is 0.710. The lowest BCUT2D eigenvalue weighted by molar-refractivity contribution is 0.601. The zero-order chi connectivity index (χ0) is 17.7. The SMILES string of the molecule is Cc1ccc(S(=O)(=O)Nc2ccc(NC(=S)NC(C)C)cc2)cc1. The summed E-state index contributed by atoms with van der Waals surface area (Å²) in [5, 5.41) is 6.65. The summed E-state index contributed by atoms with van der Waals surface area (Å²) in [5.74, 6) is 0. The van der Waals surface area contributed by atoms with E-state index in [0.717, 1.165) is 11.3 Å². The molecule has 0 aliphatic heterocycles. The molecule has 0 saturated carbocycles. The number of nitrogens with one attached hydrogen (secondary N) is 3. The van der Waals surface area contributed by atoms with E-state index in [-0.39, 0.29) is 10.9 Å². The summed E-state index contributed by atoms with van der Waals surface area (Å²) in [5.41, 5.74) is 2.28. The van der Waals surface area contributed by atoms with E-state index >= 15 is 0 Å². The van der Waals surface area contributed by atoms with E-state index in [2.05, 4.69) is 15.4 Å². The van der Waals surface area contributed by atoms with E-state index in [1.807, 2.05) is 20.8 Å². The number of sulfonamides is 1. The highest BCUT2D eigenvalue weighted by Crippen LogP contribution is 2.18. The molecule has 5 nitrogen and oxygen atoms in total. The Labute approximate surface area is 148 Å². The van der Waals surface area contributed by atoms with Crippen LogP contribution in [0.2, 0.25) is 0 Å². The summed E-state index contributed by atoms with van der Waals surface area (Å²) in [6.07, 6.45) is 0. The number of rotatable bonds is 5. The van der Waals surface area contributed by atoms with Gasteiger partial charge in [0.1, 0.15) is 0 Å². The smallest absolute Gasteiger partial charge is 0.261 e. The molecule has 128 valence electrons. The molecular formula is C17H21N3O2S2. The molecule has 0 aliphatic rings. The molecule has 24 heavy (non-hydrogen) atoms. The van der Waals surface area contributed by atoms with Crippen molar-refractivity contribution in [3.05, 3.63) is 54.1 Å². The normalized spacial score (nSPS) is 11.2. The monoisotopic (exact) mass is 363 g/mol. The predicted molar refractivity (Wildman–Crippen MR) is 103 cm³/mol. The van der Waals surface area contributed by atoms with Crippen molar-refractivity contribution in [1.29, 1.82) is 0 Å². The van der Waals surface area contributed by atoms with Gasteiger partial charge in [0.25, 0.3) is 10.0 Å². The minimum Gasteiger partial charge on any atom is -0.360 e. The van der Waals surface area contributed by atoms with Crippen molar-refractivity contribution in [2.24, 2.45) is 0 Å². The second-order valence-electron chi connectivity index (χ2n) is 5.75. The third kappa shape index (κ3) is 5.21. The first-order valence-corrected chi connectivity index (χ1v) is 9.42. The Hall–Kier alpha value is -2.12. The number of benzene rings is 2. The standard InChI is InChI=1S/C17H21N3O2S2/c1-12(2)18-17(23)19-14-6-8-15(9-7-14)20-24(21,22)16-10-4-13(3)5-11-16/h4-12,20H,1-3H3,(H2,18,19,23). The Bertz CT molecular complexity index is 799. The second kappa shape index (κ2) is 7.63. The van der Waals surface area contributed by atoms with Gasteiger partial charge in [-0.05, 0) is 69.4 Å². The van der Waals surface area contributed by atoms with Gasteiger partial charge in [-0.25, -0.2) is 8.42 Å². The summed E-state index contributed by atoms with van der Waals surface area (Å²) >= 11 is 5.17. The molecule has 0 fully saturated rings. The Morgan fingerprint density at radius 2 is 1.50 bits per heavy atom. The van der Waals surface area contributed by atoms with Gasteiger partial charge in [0.05, 0.1) is 4.90 Å². The zero-order valence-corrected chi connectivity index (χ0v) is 15.5. The molecule has 3 N–H and O–H groups in total. The highest BCUT2D eigenvalue weighted by Gasteiger charge is 2.13. The number of hydrogen-bond donors (Lipinski definition) is 3. The van der Waals surface area contributed by atoms with Crippen LogP contribution in [0, 0.1) is 6.92 Å². The summed E-state index contributed by atoms with van der Waals surface area (Å²) in [6, 6.07) is 13.9. The van der Waals surface area contributed by atoms with Crippen molar-refractivity contribution >= 4 is 38.7 Å². The fourth-order valence-corrected chi connectivity index (χ4v) is 3.39. The van der Waals surface area contributed by atoms with Gasteiger partial charge in [0.15, 0.2) is 5.11 Å². The summed E-state index contributed by atoms with van der Waals surface area (Å²) in [6.45, 7) is 5.90. The Morgan fingerprint density at radius 1 is 0.958 bits per heavy atom. The van der Waals surface area contributed by atoms with Crippen LogP contribution in [0.5, 0.6) is 0 Å². The van der Waals surface area contributed by atoms with E-state index < -0.39 is 10.0 Å². The first-order chi connectivity index (χ1) is 11.3. The van der Waals surface area contributed by atoms with Crippen molar-refractivity contribution < 1.29 is 8.42 Å². The van der Waals surface area contributed by atoms with Gasteiger partial charge in [-0.1, -0.05) is 17.7 Å². The molecule has 2 rings (SSSR count). The second-order valence-corrected chi connectivity index (χ2v) is 7.84. The molecular weight excluding hydrogens is 342 g/mol. The van der Waals surface area contributed by atoms with Crippen molar-refractivity contribution in [2.75, 3.05) is 10.0 Å². The average molecular weight is 364 g/mol. The fraction of sp³-hybridized carbons (Fsp3) is 0.235. The molecule has 0 radical (unpaired) electrons. The molecule has 0 amide bonds. The molecule has 0 aromatic heterocycles. The molecule has 2 aromatic carbocycles. The Morgan fingerprint density at radius 3 is 2.04 bits per heavy atom. The van der Waals surface area contributed by atoms with Gasteiger partial charge in [0.2, 0.25) is 0 Å². The van der Waals surface area contributed by atoms with E-state index in [9.17, 15) is 8.42 Å². The highest BCUT2D eigenvalue weighted by atomic mass is 32.2. The van der Waals surface area contributed by atoms with Crippen LogP contribution < -0.4 is 15.4 Å². The molecule has 7 heteroatoms. The maximum Gasteiger partial charge on any atom is 0.261 e. The van der Waals surface area contributed by atoms with E-state index in [0.29, 0.717) is 10.8 Å². The Kier molecular flexibility index (Phi) is 5.80. The van der Waals surface area contributed by atoms with E-state index in [4.69, 9.17) is 12.2 Å². The third-order valence-corrected chi connectivity index (χ3v) is 4.76. The predicted octanol–water partition coefficient (Wildman–Crippen LogP) is 3.49. The summed E-state index contributed by atoms with van der Waals surface area (Å²) in [4.78, 5) is 0.234. The fourth-order valence-electron chi connectivity index (χ4n) is 1.98. The van der Waals surface area contributed by atoms with E-state index in [1.165, 1.54) is 0 Å². The molecule has 0 spiro atoms. The van der Waals surface area contributed by atoms with Crippen LogP contribution in [0.3, 0.4) is 0 Å². The van der Waals surface area contributed by atoms with Crippen molar-refractivity contribution in [3.8, 4) is 0 Å². The van der Waals surface area contributed by atoms with Crippen LogP contribution in [0.25, 0.3) is 0 Å². The first kappa shape index (κ1) is 18.2. The van der Waals surface area contributed by atoms with Crippen molar-refractivity contribution in [1.82, 2.24) is 5.32 Å². The van der Waals surface area contributed by atoms with Crippen LogP contribution in [0.1, 0.15) is 19.4 Å². The molecule has 0 saturated heterocycles.